The summed E-state index contributed by atoms with van der Waals surface area (Å²) in [5, 5.41) is 9.33. The summed E-state index contributed by atoms with van der Waals surface area (Å²) in [6, 6.07) is 20.2. The van der Waals surface area contributed by atoms with Crippen LogP contribution in [-0.4, -0.2) is 20.6 Å². The first kappa shape index (κ1) is 20.9. The van der Waals surface area contributed by atoms with Crippen molar-refractivity contribution in [3.05, 3.63) is 88.8 Å². The lowest BCUT2D eigenvalue weighted by molar-refractivity contribution is -0.136. The minimum Gasteiger partial charge on any atom is -0.481 e. The fourth-order valence-electron chi connectivity index (χ4n) is 3.07. The van der Waals surface area contributed by atoms with E-state index in [1.54, 1.807) is 0 Å². The number of benzene rings is 2. The summed E-state index contributed by atoms with van der Waals surface area (Å²) < 4.78 is 2.18. The number of aryl methyl sites for hydroxylation is 1. The standard InChI is InChI=1S/C24H26N2O2S/c1-2-3-14-23-25-20(18-26(23)17-19-10-6-4-7-11-19)15-22(16-24(27)28)29-21-12-8-5-9-13-21/h4-13,15,18H,2-3,14,16-17H2,1H3,(H,27,28)/b22-15-. The molecule has 3 rings (SSSR count). The van der Waals surface area contributed by atoms with Gasteiger partial charge in [0, 0.05) is 29.0 Å². The van der Waals surface area contributed by atoms with Gasteiger partial charge in [-0.25, -0.2) is 4.98 Å². The third-order valence-electron chi connectivity index (χ3n) is 4.45. The molecule has 1 aromatic heterocycles. The topological polar surface area (TPSA) is 55.1 Å². The molecule has 4 nitrogen and oxygen atoms in total. The average molecular weight is 407 g/mol. The summed E-state index contributed by atoms with van der Waals surface area (Å²) in [4.78, 5) is 18.0. The van der Waals surface area contributed by atoms with Crippen molar-refractivity contribution < 1.29 is 9.90 Å². The van der Waals surface area contributed by atoms with E-state index in [2.05, 4.69) is 23.6 Å². The van der Waals surface area contributed by atoms with Crippen LogP contribution in [0.25, 0.3) is 6.08 Å². The molecule has 0 fully saturated rings. The molecule has 0 saturated heterocycles. The fourth-order valence-corrected chi connectivity index (χ4v) is 4.04. The summed E-state index contributed by atoms with van der Waals surface area (Å²) in [5.41, 5.74) is 2.04. The van der Waals surface area contributed by atoms with Crippen LogP contribution in [0.4, 0.5) is 0 Å². The molecular formula is C24H26N2O2S. The maximum atomic E-state index is 11.4. The van der Waals surface area contributed by atoms with E-state index in [0.717, 1.165) is 47.1 Å². The number of unbranched alkanes of at least 4 members (excludes halogenated alkanes) is 1. The predicted octanol–water partition coefficient (Wildman–Crippen LogP) is 5.88. The molecule has 29 heavy (non-hydrogen) atoms. The van der Waals surface area contributed by atoms with Crippen molar-refractivity contribution >= 4 is 23.8 Å². The minimum atomic E-state index is -0.838. The molecule has 0 radical (unpaired) electrons. The third kappa shape index (κ3) is 6.64. The van der Waals surface area contributed by atoms with E-state index in [1.165, 1.54) is 17.3 Å². The van der Waals surface area contributed by atoms with Gasteiger partial charge in [-0.3, -0.25) is 4.79 Å². The van der Waals surface area contributed by atoms with Crippen molar-refractivity contribution in [3.63, 3.8) is 0 Å². The molecule has 0 unspecified atom stereocenters. The van der Waals surface area contributed by atoms with Crippen LogP contribution in [-0.2, 0) is 17.8 Å². The Kier molecular flexibility index (Phi) is 7.70. The molecule has 0 aliphatic carbocycles. The van der Waals surface area contributed by atoms with E-state index in [9.17, 15) is 9.90 Å². The SMILES string of the molecule is CCCCc1nc(/C=C(/CC(=O)O)Sc2ccccc2)cn1Cc1ccccc1. The molecule has 1 heterocycles. The van der Waals surface area contributed by atoms with Crippen LogP contribution in [0.15, 0.2) is 76.7 Å². The van der Waals surface area contributed by atoms with Gasteiger partial charge in [-0.15, -0.1) is 0 Å². The number of thioether (sulfide) groups is 1. The van der Waals surface area contributed by atoms with Crippen molar-refractivity contribution in [2.24, 2.45) is 0 Å². The van der Waals surface area contributed by atoms with Gasteiger partial charge in [0.1, 0.15) is 5.82 Å². The van der Waals surface area contributed by atoms with Crippen molar-refractivity contribution in [2.45, 2.75) is 44.0 Å². The molecule has 0 atom stereocenters. The molecule has 0 bridgehead atoms. The first-order chi connectivity index (χ1) is 14.1. The highest BCUT2D eigenvalue weighted by atomic mass is 32.2. The van der Waals surface area contributed by atoms with Crippen LogP contribution in [0.1, 0.15) is 43.3 Å². The summed E-state index contributed by atoms with van der Waals surface area (Å²) in [6.07, 6.45) is 7.02. The predicted molar refractivity (Wildman–Crippen MR) is 119 cm³/mol. The van der Waals surface area contributed by atoms with E-state index in [-0.39, 0.29) is 6.42 Å². The second kappa shape index (κ2) is 10.7. The molecular weight excluding hydrogens is 380 g/mol. The third-order valence-corrected chi connectivity index (χ3v) is 5.49. The molecule has 0 aliphatic rings. The number of carboxylic acids is 1. The van der Waals surface area contributed by atoms with E-state index >= 15 is 0 Å². The molecule has 0 spiro atoms. The summed E-state index contributed by atoms with van der Waals surface area (Å²) in [5.74, 6) is 0.205. The Labute approximate surface area is 176 Å². The van der Waals surface area contributed by atoms with Crippen molar-refractivity contribution in [1.82, 2.24) is 9.55 Å². The maximum Gasteiger partial charge on any atom is 0.308 e. The van der Waals surface area contributed by atoms with Gasteiger partial charge < -0.3 is 9.67 Å². The highest BCUT2D eigenvalue weighted by molar-refractivity contribution is 8.03. The first-order valence-corrected chi connectivity index (χ1v) is 10.7. The van der Waals surface area contributed by atoms with Crippen molar-refractivity contribution in [3.8, 4) is 0 Å². The Hall–Kier alpha value is -2.79. The normalized spacial score (nSPS) is 11.6. The zero-order valence-corrected chi connectivity index (χ0v) is 17.4. The van der Waals surface area contributed by atoms with E-state index in [1.807, 2.05) is 60.8 Å². The average Bonchev–Trinajstić information content (AvgIpc) is 3.08. The van der Waals surface area contributed by atoms with Crippen LogP contribution in [0.5, 0.6) is 0 Å². The van der Waals surface area contributed by atoms with Gasteiger partial charge in [0.25, 0.3) is 0 Å². The molecule has 150 valence electrons. The molecule has 3 aromatic rings. The van der Waals surface area contributed by atoms with Gasteiger partial charge in [0.15, 0.2) is 0 Å². The number of carbonyl (C=O) groups is 1. The highest BCUT2D eigenvalue weighted by Crippen LogP contribution is 2.30. The largest absolute Gasteiger partial charge is 0.481 e. The van der Waals surface area contributed by atoms with Crippen LogP contribution in [0.2, 0.25) is 0 Å². The second-order valence-electron chi connectivity index (χ2n) is 6.90. The summed E-state index contributed by atoms with van der Waals surface area (Å²) in [6.45, 7) is 2.94. The van der Waals surface area contributed by atoms with Gasteiger partial charge >= 0.3 is 5.97 Å². The molecule has 5 heteroatoms. The highest BCUT2D eigenvalue weighted by Gasteiger charge is 2.11. The second-order valence-corrected chi connectivity index (χ2v) is 8.10. The number of carboxylic acid groups (broad SMARTS) is 1. The lowest BCUT2D eigenvalue weighted by Crippen LogP contribution is -2.04. The van der Waals surface area contributed by atoms with Gasteiger partial charge in [0.05, 0.1) is 12.1 Å². The van der Waals surface area contributed by atoms with E-state index < -0.39 is 5.97 Å². The van der Waals surface area contributed by atoms with Gasteiger partial charge in [-0.1, -0.05) is 73.6 Å². The number of rotatable bonds is 10. The number of aliphatic carboxylic acids is 1. The van der Waals surface area contributed by atoms with E-state index in [4.69, 9.17) is 4.98 Å². The molecule has 2 aromatic carbocycles. The maximum absolute atomic E-state index is 11.4. The Bertz CT molecular complexity index is 950. The Morgan fingerprint density at radius 3 is 2.45 bits per heavy atom. The van der Waals surface area contributed by atoms with Gasteiger partial charge in [-0.05, 0) is 30.2 Å². The lowest BCUT2D eigenvalue weighted by atomic mass is 10.2. The van der Waals surface area contributed by atoms with Crippen molar-refractivity contribution in [1.29, 1.82) is 0 Å². The molecule has 1 N–H and O–H groups in total. The van der Waals surface area contributed by atoms with E-state index in [0.29, 0.717) is 0 Å². The van der Waals surface area contributed by atoms with Gasteiger partial charge in [-0.2, -0.15) is 0 Å². The number of hydrogen-bond acceptors (Lipinski definition) is 3. The number of nitrogens with zero attached hydrogens (tertiary/aromatic N) is 2. The first-order valence-electron chi connectivity index (χ1n) is 9.89. The summed E-state index contributed by atoms with van der Waals surface area (Å²) >= 11 is 1.48. The zero-order valence-electron chi connectivity index (χ0n) is 16.6. The van der Waals surface area contributed by atoms with Crippen LogP contribution in [0, 0.1) is 0 Å². The quantitative estimate of drug-likeness (QED) is 0.427. The molecule has 0 aliphatic heterocycles. The molecule has 0 amide bonds. The fraction of sp³-hybridized carbons (Fsp3) is 0.250. The summed E-state index contributed by atoms with van der Waals surface area (Å²) in [7, 11) is 0. The number of imidazole rings is 1. The van der Waals surface area contributed by atoms with Gasteiger partial charge in [0.2, 0.25) is 0 Å². The minimum absolute atomic E-state index is 0.0185. The Balaban J connectivity index is 1.88. The Morgan fingerprint density at radius 2 is 1.79 bits per heavy atom. The van der Waals surface area contributed by atoms with Crippen molar-refractivity contribution in [2.75, 3.05) is 0 Å². The monoisotopic (exact) mass is 406 g/mol. The van der Waals surface area contributed by atoms with Crippen LogP contribution >= 0.6 is 11.8 Å². The zero-order chi connectivity index (χ0) is 20.5. The number of aromatic nitrogens is 2. The molecule has 0 saturated carbocycles. The lowest BCUT2D eigenvalue weighted by Gasteiger charge is -2.07. The Morgan fingerprint density at radius 1 is 1.10 bits per heavy atom. The van der Waals surface area contributed by atoms with Crippen LogP contribution < -0.4 is 0 Å². The van der Waals surface area contributed by atoms with Crippen LogP contribution in [0.3, 0.4) is 0 Å². The smallest absolute Gasteiger partial charge is 0.308 e. The number of hydrogen-bond donors (Lipinski definition) is 1.